The maximum absolute atomic E-state index is 5.77. The summed E-state index contributed by atoms with van der Waals surface area (Å²) in [5, 5.41) is 0. The lowest BCUT2D eigenvalue weighted by molar-refractivity contribution is -0.169. The molecule has 0 radical (unpaired) electrons. The van der Waals surface area contributed by atoms with E-state index in [1.165, 1.54) is 0 Å². The maximum atomic E-state index is 5.77. The van der Waals surface area contributed by atoms with Crippen molar-refractivity contribution >= 4 is 16.9 Å². The fourth-order valence-electron chi connectivity index (χ4n) is 3.12. The number of piperidine rings is 1. The number of hydrogen-bond donors (Lipinski definition) is 0. The number of pyridine rings is 1. The van der Waals surface area contributed by atoms with Crippen molar-refractivity contribution in [3.8, 4) is 0 Å². The number of rotatable bonds is 1. The SMILES string of the molecule is Cn1cnc2c(N3CCC4(CC3)OCCO4)nccc21. The van der Waals surface area contributed by atoms with Crippen LogP contribution >= 0.6 is 0 Å². The Morgan fingerprint density at radius 2 is 1.90 bits per heavy atom. The molecule has 4 heterocycles. The zero-order chi connectivity index (χ0) is 13.6. The van der Waals surface area contributed by atoms with E-state index in [0.717, 1.165) is 42.8 Å². The highest BCUT2D eigenvalue weighted by atomic mass is 16.7. The molecule has 2 aromatic heterocycles. The van der Waals surface area contributed by atoms with Gasteiger partial charge in [-0.05, 0) is 6.07 Å². The van der Waals surface area contributed by atoms with Crippen molar-refractivity contribution in [2.75, 3.05) is 31.2 Å². The number of imidazole rings is 1. The molecule has 2 aliphatic rings. The molecule has 0 N–H and O–H groups in total. The molecule has 2 saturated heterocycles. The third kappa shape index (κ3) is 1.79. The van der Waals surface area contributed by atoms with E-state index >= 15 is 0 Å². The number of hydrogen-bond acceptors (Lipinski definition) is 5. The number of aromatic nitrogens is 3. The van der Waals surface area contributed by atoms with Gasteiger partial charge >= 0.3 is 0 Å². The van der Waals surface area contributed by atoms with Crippen LogP contribution in [0.15, 0.2) is 18.6 Å². The fraction of sp³-hybridized carbons (Fsp3) is 0.571. The monoisotopic (exact) mass is 274 g/mol. The Hall–Kier alpha value is -1.66. The summed E-state index contributed by atoms with van der Waals surface area (Å²) in [6.45, 7) is 3.22. The third-order valence-corrected chi connectivity index (χ3v) is 4.26. The van der Waals surface area contributed by atoms with Crippen LogP contribution in [0.2, 0.25) is 0 Å². The molecule has 0 unspecified atom stereocenters. The molecule has 20 heavy (non-hydrogen) atoms. The van der Waals surface area contributed by atoms with Crippen LogP contribution < -0.4 is 4.90 Å². The van der Waals surface area contributed by atoms with E-state index in [1.54, 1.807) is 0 Å². The second kappa shape index (κ2) is 4.43. The molecule has 6 heteroatoms. The molecule has 4 rings (SSSR count). The molecule has 0 atom stereocenters. The summed E-state index contributed by atoms with van der Waals surface area (Å²) in [4.78, 5) is 11.3. The van der Waals surface area contributed by atoms with Gasteiger partial charge in [-0.15, -0.1) is 0 Å². The van der Waals surface area contributed by atoms with Crippen LogP contribution in [0, 0.1) is 0 Å². The zero-order valence-corrected chi connectivity index (χ0v) is 11.6. The van der Waals surface area contributed by atoms with E-state index in [0.29, 0.717) is 13.2 Å². The smallest absolute Gasteiger partial charge is 0.171 e. The lowest BCUT2D eigenvalue weighted by Crippen LogP contribution is -2.45. The van der Waals surface area contributed by atoms with Crippen LogP contribution in [-0.2, 0) is 16.5 Å². The normalized spacial score (nSPS) is 21.9. The molecule has 0 amide bonds. The topological polar surface area (TPSA) is 52.4 Å². The number of nitrogens with zero attached hydrogens (tertiary/aromatic N) is 4. The van der Waals surface area contributed by atoms with Crippen LogP contribution in [0.5, 0.6) is 0 Å². The summed E-state index contributed by atoms with van der Waals surface area (Å²) in [6, 6.07) is 2.00. The van der Waals surface area contributed by atoms with Crippen molar-refractivity contribution in [3.63, 3.8) is 0 Å². The molecule has 0 aromatic carbocycles. The molecule has 0 aliphatic carbocycles. The standard InChI is InChI=1S/C14H18N4O2/c1-17-10-16-12-11(17)2-5-15-13(12)18-6-3-14(4-7-18)19-8-9-20-14/h2,5,10H,3-4,6-9H2,1H3. The van der Waals surface area contributed by atoms with E-state index in [2.05, 4.69) is 14.9 Å². The molecule has 106 valence electrons. The summed E-state index contributed by atoms with van der Waals surface area (Å²) >= 11 is 0. The van der Waals surface area contributed by atoms with Gasteiger partial charge in [0.2, 0.25) is 0 Å². The van der Waals surface area contributed by atoms with Gasteiger partial charge in [-0.3, -0.25) is 0 Å². The number of ether oxygens (including phenoxy) is 2. The average Bonchev–Trinajstić information content (AvgIpc) is 3.08. The molecular weight excluding hydrogens is 256 g/mol. The average molecular weight is 274 g/mol. The maximum Gasteiger partial charge on any atom is 0.171 e. The van der Waals surface area contributed by atoms with Crippen LogP contribution in [0.1, 0.15) is 12.8 Å². The Morgan fingerprint density at radius 1 is 1.15 bits per heavy atom. The van der Waals surface area contributed by atoms with E-state index in [1.807, 2.05) is 30.2 Å². The zero-order valence-electron chi connectivity index (χ0n) is 11.6. The number of fused-ring (bicyclic) bond motifs is 1. The van der Waals surface area contributed by atoms with Gasteiger partial charge in [0.1, 0.15) is 5.52 Å². The molecular formula is C14H18N4O2. The first-order chi connectivity index (χ1) is 9.77. The molecule has 2 aromatic rings. The third-order valence-electron chi connectivity index (χ3n) is 4.26. The predicted molar refractivity (Wildman–Crippen MR) is 74.6 cm³/mol. The summed E-state index contributed by atoms with van der Waals surface area (Å²) in [5.74, 6) is 0.630. The first kappa shape index (κ1) is 12.1. The van der Waals surface area contributed by atoms with Crippen molar-refractivity contribution in [1.29, 1.82) is 0 Å². The molecule has 2 aliphatic heterocycles. The molecule has 2 fully saturated rings. The largest absolute Gasteiger partial charge is 0.354 e. The Morgan fingerprint density at radius 3 is 2.65 bits per heavy atom. The Kier molecular flexibility index (Phi) is 2.68. The molecule has 6 nitrogen and oxygen atoms in total. The predicted octanol–water partition coefficient (Wildman–Crippen LogP) is 1.31. The first-order valence-corrected chi connectivity index (χ1v) is 7.06. The van der Waals surface area contributed by atoms with Crippen LogP contribution in [-0.4, -0.2) is 46.6 Å². The van der Waals surface area contributed by atoms with Gasteiger partial charge in [0, 0.05) is 39.2 Å². The van der Waals surface area contributed by atoms with Crippen molar-refractivity contribution < 1.29 is 9.47 Å². The van der Waals surface area contributed by atoms with Crippen molar-refractivity contribution in [2.24, 2.45) is 7.05 Å². The van der Waals surface area contributed by atoms with Crippen LogP contribution in [0.25, 0.3) is 11.0 Å². The van der Waals surface area contributed by atoms with Gasteiger partial charge in [0.15, 0.2) is 11.6 Å². The van der Waals surface area contributed by atoms with Crippen LogP contribution in [0.3, 0.4) is 0 Å². The molecule has 0 bridgehead atoms. The lowest BCUT2D eigenvalue weighted by atomic mass is 10.0. The first-order valence-electron chi connectivity index (χ1n) is 7.06. The van der Waals surface area contributed by atoms with Gasteiger partial charge in [-0.2, -0.15) is 0 Å². The quantitative estimate of drug-likeness (QED) is 0.785. The highest BCUT2D eigenvalue weighted by Gasteiger charge is 2.40. The molecule has 0 saturated carbocycles. The Bertz CT molecular complexity index is 623. The highest BCUT2D eigenvalue weighted by Crippen LogP contribution is 2.34. The minimum absolute atomic E-state index is 0.339. The highest BCUT2D eigenvalue weighted by molar-refractivity contribution is 5.86. The minimum atomic E-state index is -0.339. The van der Waals surface area contributed by atoms with Gasteiger partial charge in [-0.25, -0.2) is 9.97 Å². The van der Waals surface area contributed by atoms with Gasteiger partial charge in [0.05, 0.1) is 25.1 Å². The minimum Gasteiger partial charge on any atom is -0.354 e. The summed E-state index contributed by atoms with van der Waals surface area (Å²) in [7, 11) is 2.00. The van der Waals surface area contributed by atoms with Gasteiger partial charge in [-0.1, -0.05) is 0 Å². The number of aryl methyl sites for hydroxylation is 1. The van der Waals surface area contributed by atoms with E-state index in [4.69, 9.17) is 9.47 Å². The second-order valence-electron chi connectivity index (χ2n) is 5.45. The van der Waals surface area contributed by atoms with E-state index in [9.17, 15) is 0 Å². The summed E-state index contributed by atoms with van der Waals surface area (Å²) < 4.78 is 13.6. The van der Waals surface area contributed by atoms with E-state index < -0.39 is 0 Å². The second-order valence-corrected chi connectivity index (χ2v) is 5.45. The van der Waals surface area contributed by atoms with Crippen LogP contribution in [0.4, 0.5) is 5.82 Å². The van der Waals surface area contributed by atoms with Crippen molar-refractivity contribution in [3.05, 3.63) is 18.6 Å². The Balaban J connectivity index is 1.61. The van der Waals surface area contributed by atoms with E-state index in [-0.39, 0.29) is 5.79 Å². The summed E-state index contributed by atoms with van der Waals surface area (Å²) in [5.41, 5.74) is 2.09. The Labute approximate surface area is 117 Å². The van der Waals surface area contributed by atoms with Crippen molar-refractivity contribution in [1.82, 2.24) is 14.5 Å². The number of anilines is 1. The fourth-order valence-corrected chi connectivity index (χ4v) is 3.12. The lowest BCUT2D eigenvalue weighted by Gasteiger charge is -2.38. The van der Waals surface area contributed by atoms with Crippen molar-refractivity contribution in [2.45, 2.75) is 18.6 Å². The van der Waals surface area contributed by atoms with Gasteiger partial charge < -0.3 is 18.9 Å². The van der Waals surface area contributed by atoms with Gasteiger partial charge in [0.25, 0.3) is 0 Å². The summed E-state index contributed by atoms with van der Waals surface area (Å²) in [6.07, 6.45) is 5.46. The molecule has 1 spiro atoms.